The summed E-state index contributed by atoms with van der Waals surface area (Å²) in [4.78, 5) is 15.8. The highest BCUT2D eigenvalue weighted by atomic mass is 79.9. The van der Waals surface area contributed by atoms with Gasteiger partial charge in [-0.1, -0.05) is 15.9 Å². The number of pyridine rings is 3. The van der Waals surface area contributed by atoms with Gasteiger partial charge in [0, 0.05) is 52.2 Å². The first-order valence-electron chi connectivity index (χ1n) is 13.9. The smallest absolute Gasteiger partial charge is 0.217 e. The molecule has 0 spiro atoms. The van der Waals surface area contributed by atoms with Crippen LogP contribution in [-0.2, 0) is 5.60 Å². The lowest BCUT2D eigenvalue weighted by atomic mass is 9.72. The van der Waals surface area contributed by atoms with Crippen molar-refractivity contribution in [3.63, 3.8) is 0 Å². The van der Waals surface area contributed by atoms with Crippen LogP contribution in [0, 0.1) is 0 Å². The Morgan fingerprint density at radius 3 is 2.00 bits per heavy atom. The van der Waals surface area contributed by atoms with Crippen LogP contribution in [0.15, 0.2) is 53.0 Å². The summed E-state index contributed by atoms with van der Waals surface area (Å²) >= 11 is 3.58. The predicted molar refractivity (Wildman–Crippen MR) is 169 cm³/mol. The van der Waals surface area contributed by atoms with Gasteiger partial charge in [-0.2, -0.15) is 9.97 Å². The van der Waals surface area contributed by atoms with Gasteiger partial charge in [0.05, 0.1) is 40.1 Å². The van der Waals surface area contributed by atoms with Crippen molar-refractivity contribution in [1.29, 1.82) is 0 Å². The Morgan fingerprint density at radius 2 is 1.42 bits per heavy atom. The van der Waals surface area contributed by atoms with Crippen LogP contribution in [0.1, 0.15) is 42.9 Å². The van der Waals surface area contributed by atoms with Crippen molar-refractivity contribution < 1.29 is 28.8 Å². The number of fused-ring (bicyclic) bond motifs is 1. The SMILES string of the molecule is COc1cc(C(O)(CCN(C)C)C(c2cc(OC)nc(OC(C)C)c2)c2cc3cc(Br)ccc3nc2OC)cc(OC)n1. The normalized spacial score (nSPS) is 13.6. The molecular weight excluding hydrogens is 616 g/mol. The maximum atomic E-state index is 13.2. The number of nitrogens with zero attached hydrogens (tertiary/aromatic N) is 4. The van der Waals surface area contributed by atoms with Crippen molar-refractivity contribution in [2.24, 2.45) is 0 Å². The topological polar surface area (TPSA) is 108 Å². The highest BCUT2D eigenvalue weighted by Crippen LogP contribution is 2.49. The zero-order valence-electron chi connectivity index (χ0n) is 25.8. The Balaban J connectivity index is 2.13. The summed E-state index contributed by atoms with van der Waals surface area (Å²) in [5.74, 6) is 0.943. The third-order valence-electron chi connectivity index (χ3n) is 7.09. The van der Waals surface area contributed by atoms with Crippen LogP contribution in [0.5, 0.6) is 29.4 Å². The summed E-state index contributed by atoms with van der Waals surface area (Å²) in [5.41, 5.74) is 1.08. The van der Waals surface area contributed by atoms with Crippen LogP contribution in [0.3, 0.4) is 0 Å². The molecule has 43 heavy (non-hydrogen) atoms. The summed E-state index contributed by atoms with van der Waals surface area (Å²) < 4.78 is 29.5. The maximum absolute atomic E-state index is 13.2. The molecule has 4 rings (SSSR count). The van der Waals surface area contributed by atoms with Crippen molar-refractivity contribution in [2.45, 2.75) is 37.9 Å². The lowest BCUT2D eigenvalue weighted by Crippen LogP contribution is -2.38. The molecule has 1 aromatic carbocycles. The molecule has 0 saturated heterocycles. The monoisotopic (exact) mass is 654 g/mol. The largest absolute Gasteiger partial charge is 0.481 e. The molecule has 3 heterocycles. The third-order valence-corrected chi connectivity index (χ3v) is 7.58. The van der Waals surface area contributed by atoms with Gasteiger partial charge < -0.3 is 33.7 Å². The number of ether oxygens (including phenoxy) is 5. The molecule has 11 heteroatoms. The molecule has 0 bridgehead atoms. The Hall–Kier alpha value is -3.67. The molecule has 0 aliphatic carbocycles. The van der Waals surface area contributed by atoms with Crippen LogP contribution >= 0.6 is 15.9 Å². The minimum atomic E-state index is -1.57. The second-order valence-electron chi connectivity index (χ2n) is 10.7. The van der Waals surface area contributed by atoms with E-state index in [1.165, 1.54) is 14.2 Å². The number of rotatable bonds is 13. The Bertz CT molecular complexity index is 1540. The third kappa shape index (κ3) is 7.29. The Morgan fingerprint density at radius 1 is 0.814 bits per heavy atom. The molecule has 1 N–H and O–H groups in total. The molecule has 230 valence electrons. The average Bonchev–Trinajstić information content (AvgIpc) is 2.98. The Labute approximate surface area is 261 Å². The van der Waals surface area contributed by atoms with E-state index in [2.05, 4.69) is 25.9 Å². The highest BCUT2D eigenvalue weighted by molar-refractivity contribution is 9.10. The number of hydrogen-bond acceptors (Lipinski definition) is 10. The summed E-state index contributed by atoms with van der Waals surface area (Å²) in [7, 11) is 10.1. The lowest BCUT2D eigenvalue weighted by Gasteiger charge is -2.39. The number of aliphatic hydroxyl groups is 1. The van der Waals surface area contributed by atoms with E-state index in [1.54, 1.807) is 32.4 Å². The minimum Gasteiger partial charge on any atom is -0.481 e. The first-order chi connectivity index (χ1) is 20.5. The molecule has 3 aromatic heterocycles. The Kier molecular flexibility index (Phi) is 10.3. The van der Waals surface area contributed by atoms with Gasteiger partial charge in [-0.3, -0.25) is 0 Å². The van der Waals surface area contributed by atoms with E-state index in [-0.39, 0.29) is 6.10 Å². The zero-order valence-corrected chi connectivity index (χ0v) is 27.4. The highest BCUT2D eigenvalue weighted by Gasteiger charge is 2.44. The van der Waals surface area contributed by atoms with Crippen LogP contribution in [0.2, 0.25) is 0 Å². The van der Waals surface area contributed by atoms with Crippen LogP contribution in [0.4, 0.5) is 0 Å². The van der Waals surface area contributed by atoms with Crippen molar-refractivity contribution in [2.75, 3.05) is 49.1 Å². The van der Waals surface area contributed by atoms with Gasteiger partial charge in [-0.15, -0.1) is 0 Å². The summed E-state index contributed by atoms with van der Waals surface area (Å²) in [5, 5.41) is 14.0. The molecule has 0 fully saturated rings. The fourth-order valence-corrected chi connectivity index (χ4v) is 5.47. The fourth-order valence-electron chi connectivity index (χ4n) is 5.09. The summed E-state index contributed by atoms with van der Waals surface area (Å²) in [6.07, 6.45) is 0.174. The first kappa shape index (κ1) is 32.2. The molecule has 4 aromatic rings. The summed E-state index contributed by atoms with van der Waals surface area (Å²) in [6.45, 7) is 4.40. The van der Waals surface area contributed by atoms with Crippen LogP contribution in [0.25, 0.3) is 10.9 Å². The van der Waals surface area contributed by atoms with Crippen molar-refractivity contribution in [3.8, 4) is 29.4 Å². The standard InChI is InChI=1S/C32H39BrN4O6/c1-19(2)43-29-16-21(15-26(36-29)39-5)30(24-14-20-13-23(33)9-10-25(20)34-31(24)42-8)32(38,11-12-37(3)4)22-17-27(40-6)35-28(18-22)41-7/h9-10,13-19,30,38H,11-12H2,1-8H3. The van der Waals surface area contributed by atoms with E-state index in [0.29, 0.717) is 59.1 Å². The quantitative estimate of drug-likeness (QED) is 0.196. The fraction of sp³-hybridized carbons (Fsp3) is 0.406. The predicted octanol–water partition coefficient (Wildman–Crippen LogP) is 5.58. The molecule has 0 aliphatic rings. The van der Waals surface area contributed by atoms with Gasteiger partial charge in [0.2, 0.25) is 29.4 Å². The number of methoxy groups -OCH3 is 4. The number of halogens is 1. The van der Waals surface area contributed by atoms with Gasteiger partial charge >= 0.3 is 0 Å². The average molecular weight is 656 g/mol. The maximum Gasteiger partial charge on any atom is 0.217 e. The van der Waals surface area contributed by atoms with Gasteiger partial charge in [0.1, 0.15) is 5.60 Å². The van der Waals surface area contributed by atoms with E-state index in [4.69, 9.17) is 28.7 Å². The van der Waals surface area contributed by atoms with E-state index >= 15 is 0 Å². The first-order valence-corrected chi connectivity index (χ1v) is 14.6. The number of benzene rings is 1. The lowest BCUT2D eigenvalue weighted by molar-refractivity contribution is 0.00318. The van der Waals surface area contributed by atoms with E-state index in [9.17, 15) is 5.11 Å². The van der Waals surface area contributed by atoms with Gasteiger partial charge in [-0.05, 0) is 69.8 Å². The van der Waals surface area contributed by atoms with Gasteiger partial charge in [0.15, 0.2) is 0 Å². The molecule has 0 saturated carbocycles. The molecule has 0 radical (unpaired) electrons. The van der Waals surface area contributed by atoms with Crippen molar-refractivity contribution >= 4 is 26.8 Å². The second-order valence-corrected chi connectivity index (χ2v) is 11.6. The van der Waals surface area contributed by atoms with Crippen molar-refractivity contribution in [3.05, 3.63) is 69.7 Å². The molecule has 2 unspecified atom stereocenters. The minimum absolute atomic E-state index is 0.138. The molecule has 0 aliphatic heterocycles. The van der Waals surface area contributed by atoms with E-state index < -0.39 is 11.5 Å². The molecule has 10 nitrogen and oxygen atoms in total. The molecular formula is C32H39BrN4O6. The second kappa shape index (κ2) is 13.7. The van der Waals surface area contributed by atoms with Gasteiger partial charge in [-0.25, -0.2) is 4.98 Å². The van der Waals surface area contributed by atoms with E-state index in [0.717, 1.165) is 15.4 Å². The van der Waals surface area contributed by atoms with Gasteiger partial charge in [0.25, 0.3) is 0 Å². The number of aromatic nitrogens is 3. The van der Waals surface area contributed by atoms with Crippen molar-refractivity contribution in [1.82, 2.24) is 19.9 Å². The zero-order chi connectivity index (χ0) is 31.3. The van der Waals surface area contributed by atoms with Crippen LogP contribution < -0.4 is 23.7 Å². The van der Waals surface area contributed by atoms with Crippen LogP contribution in [-0.4, -0.2) is 80.1 Å². The summed E-state index contributed by atoms with van der Waals surface area (Å²) in [6, 6.07) is 14.9. The molecule has 0 amide bonds. The van der Waals surface area contributed by atoms with E-state index in [1.807, 2.05) is 63.2 Å². The number of hydrogen-bond donors (Lipinski definition) is 1. The molecule has 2 atom stereocenters.